The van der Waals surface area contributed by atoms with Crippen LogP contribution < -0.4 is 0 Å². The molecule has 6 heteroatoms. The maximum absolute atomic E-state index is 12.4. The highest BCUT2D eigenvalue weighted by atomic mass is 19.1. The summed E-state index contributed by atoms with van der Waals surface area (Å²) in [4.78, 5) is 17.9. The molecule has 1 aromatic rings. The zero-order chi connectivity index (χ0) is 16.1. The van der Waals surface area contributed by atoms with Crippen LogP contribution in [0.4, 0.5) is 4.39 Å². The Morgan fingerprint density at radius 1 is 1.52 bits per heavy atom. The molecule has 2 aliphatic heterocycles. The Hall–Kier alpha value is -1.53. The van der Waals surface area contributed by atoms with Gasteiger partial charge in [0, 0.05) is 25.7 Å². The van der Waals surface area contributed by atoms with Crippen molar-refractivity contribution in [1.29, 1.82) is 0 Å². The van der Waals surface area contributed by atoms with Crippen molar-refractivity contribution in [3.8, 4) is 0 Å². The van der Waals surface area contributed by atoms with Crippen molar-refractivity contribution in [3.05, 3.63) is 30.1 Å². The van der Waals surface area contributed by atoms with Crippen molar-refractivity contribution < 1.29 is 18.7 Å². The monoisotopic (exact) mass is 322 g/mol. The normalized spacial score (nSPS) is 27.5. The second kappa shape index (κ2) is 7.36. The average molecular weight is 322 g/mol. The predicted molar refractivity (Wildman–Crippen MR) is 82.5 cm³/mol. The third-order valence-corrected chi connectivity index (χ3v) is 4.57. The van der Waals surface area contributed by atoms with Crippen LogP contribution in [0.1, 0.15) is 31.4 Å². The van der Waals surface area contributed by atoms with E-state index in [0.717, 1.165) is 25.0 Å². The number of carbonyl (C=O) groups is 1. The molecule has 3 rings (SSSR count). The fourth-order valence-corrected chi connectivity index (χ4v) is 3.43. The van der Waals surface area contributed by atoms with E-state index in [1.54, 1.807) is 11.1 Å². The van der Waals surface area contributed by atoms with Gasteiger partial charge in [-0.05, 0) is 25.0 Å². The fraction of sp³-hybridized carbons (Fsp3) is 0.647. The molecule has 0 N–H and O–H groups in total. The predicted octanol–water partition coefficient (Wildman–Crippen LogP) is 2.11. The number of hydrogen-bond donors (Lipinski definition) is 0. The number of ether oxygens (including phenoxy) is 2. The molecule has 5 nitrogen and oxygen atoms in total. The van der Waals surface area contributed by atoms with Crippen LogP contribution in [0.2, 0.25) is 0 Å². The molecule has 2 aliphatic rings. The van der Waals surface area contributed by atoms with Crippen molar-refractivity contribution in [1.82, 2.24) is 9.88 Å². The van der Waals surface area contributed by atoms with E-state index in [1.165, 1.54) is 0 Å². The van der Waals surface area contributed by atoms with E-state index in [0.29, 0.717) is 26.3 Å². The first-order valence-corrected chi connectivity index (χ1v) is 8.20. The van der Waals surface area contributed by atoms with Gasteiger partial charge in [-0.25, -0.2) is 0 Å². The number of aromatic nitrogens is 1. The van der Waals surface area contributed by atoms with Crippen molar-refractivity contribution in [2.75, 3.05) is 26.4 Å². The first kappa shape index (κ1) is 16.3. The molecule has 2 saturated heterocycles. The molecular formula is C17H23FN2O3. The quantitative estimate of drug-likeness (QED) is 0.833. The van der Waals surface area contributed by atoms with Crippen LogP contribution in [-0.4, -0.2) is 53.9 Å². The molecule has 2 fully saturated rings. The number of alkyl halides is 1. The topological polar surface area (TPSA) is 51.7 Å². The first-order valence-electron chi connectivity index (χ1n) is 8.20. The number of hydrogen-bond acceptors (Lipinski definition) is 4. The first-order chi connectivity index (χ1) is 11.2. The third kappa shape index (κ3) is 4.06. The lowest BCUT2D eigenvalue weighted by molar-refractivity contribution is -0.139. The lowest BCUT2D eigenvalue weighted by Crippen LogP contribution is -2.50. The van der Waals surface area contributed by atoms with E-state index in [-0.39, 0.29) is 24.0 Å². The Balaban J connectivity index is 1.52. The lowest BCUT2D eigenvalue weighted by Gasteiger charge is -2.39. The van der Waals surface area contributed by atoms with Crippen molar-refractivity contribution in [2.24, 2.45) is 0 Å². The number of piperidine rings is 1. The van der Waals surface area contributed by atoms with Gasteiger partial charge in [0.1, 0.15) is 0 Å². The Morgan fingerprint density at radius 3 is 3.22 bits per heavy atom. The summed E-state index contributed by atoms with van der Waals surface area (Å²) in [5.41, 5.74) is 0.579. The molecule has 1 aromatic heterocycles. The van der Waals surface area contributed by atoms with Crippen LogP contribution in [0.15, 0.2) is 24.4 Å². The van der Waals surface area contributed by atoms with Gasteiger partial charge < -0.3 is 14.4 Å². The molecule has 0 bridgehead atoms. The highest BCUT2D eigenvalue weighted by Gasteiger charge is 2.44. The zero-order valence-corrected chi connectivity index (χ0v) is 13.2. The Morgan fingerprint density at radius 2 is 2.43 bits per heavy atom. The minimum absolute atomic E-state index is 0.0215. The average Bonchev–Trinajstić information content (AvgIpc) is 2.96. The summed E-state index contributed by atoms with van der Waals surface area (Å²) in [5.74, 6) is -0.118. The molecule has 3 heterocycles. The molecule has 0 unspecified atom stereocenters. The van der Waals surface area contributed by atoms with Crippen LogP contribution in [-0.2, 0) is 20.9 Å². The standard InChI is InChI=1S/C17H23FN2O3/c18-7-5-16(21)20-9-3-6-17(13-20)10-15(12-23-17)22-11-14-4-1-2-8-19-14/h1-2,4,8,15H,3,5-7,9-13H2/t15-,17+/m0/s1. The van der Waals surface area contributed by atoms with Gasteiger partial charge in [0.2, 0.25) is 5.91 Å². The van der Waals surface area contributed by atoms with Gasteiger partial charge in [-0.2, -0.15) is 0 Å². The fourth-order valence-electron chi connectivity index (χ4n) is 3.43. The molecule has 1 amide bonds. The molecule has 0 aliphatic carbocycles. The number of carbonyl (C=O) groups excluding carboxylic acids is 1. The molecule has 126 valence electrons. The molecule has 23 heavy (non-hydrogen) atoms. The van der Waals surface area contributed by atoms with Crippen LogP contribution in [0.25, 0.3) is 0 Å². The second-order valence-electron chi connectivity index (χ2n) is 6.31. The summed E-state index contributed by atoms with van der Waals surface area (Å²) in [6.07, 6.45) is 4.34. The largest absolute Gasteiger partial charge is 0.370 e. The van der Waals surface area contributed by atoms with Gasteiger partial charge in [-0.15, -0.1) is 0 Å². The third-order valence-electron chi connectivity index (χ3n) is 4.57. The van der Waals surface area contributed by atoms with E-state index < -0.39 is 6.67 Å². The summed E-state index contributed by atoms with van der Waals surface area (Å²) in [7, 11) is 0. The molecule has 0 radical (unpaired) electrons. The minimum atomic E-state index is -0.598. The maximum Gasteiger partial charge on any atom is 0.225 e. The van der Waals surface area contributed by atoms with Crippen molar-refractivity contribution in [3.63, 3.8) is 0 Å². The van der Waals surface area contributed by atoms with Crippen LogP contribution in [0.5, 0.6) is 0 Å². The second-order valence-corrected chi connectivity index (χ2v) is 6.31. The van der Waals surface area contributed by atoms with E-state index >= 15 is 0 Å². The number of pyridine rings is 1. The van der Waals surface area contributed by atoms with E-state index in [4.69, 9.17) is 9.47 Å². The minimum Gasteiger partial charge on any atom is -0.370 e. The lowest BCUT2D eigenvalue weighted by atomic mass is 9.89. The summed E-state index contributed by atoms with van der Waals surface area (Å²) in [6, 6.07) is 5.75. The van der Waals surface area contributed by atoms with Crippen LogP contribution >= 0.6 is 0 Å². The van der Waals surface area contributed by atoms with Crippen molar-refractivity contribution in [2.45, 2.75) is 44.0 Å². The smallest absolute Gasteiger partial charge is 0.225 e. The van der Waals surface area contributed by atoms with Gasteiger partial charge in [-0.3, -0.25) is 14.2 Å². The van der Waals surface area contributed by atoms with Gasteiger partial charge in [0.05, 0.1) is 43.7 Å². The van der Waals surface area contributed by atoms with Crippen LogP contribution in [0, 0.1) is 0 Å². The number of halogens is 1. The van der Waals surface area contributed by atoms with E-state index in [2.05, 4.69) is 4.98 Å². The molecule has 2 atom stereocenters. The molecule has 0 aromatic carbocycles. The highest BCUT2D eigenvalue weighted by Crippen LogP contribution is 2.36. The Kier molecular flexibility index (Phi) is 5.23. The van der Waals surface area contributed by atoms with Gasteiger partial charge >= 0.3 is 0 Å². The number of amides is 1. The maximum atomic E-state index is 12.4. The number of likely N-dealkylation sites (tertiary alicyclic amines) is 1. The Bertz CT molecular complexity index is 528. The summed E-state index contributed by atoms with van der Waals surface area (Å²) in [5, 5.41) is 0. The van der Waals surface area contributed by atoms with E-state index in [9.17, 15) is 9.18 Å². The number of rotatable bonds is 5. The summed E-state index contributed by atoms with van der Waals surface area (Å²) < 4.78 is 24.3. The SMILES string of the molecule is O=C(CCF)N1CCC[C@@]2(C[C@H](OCc3ccccn3)CO2)C1. The molecular weight excluding hydrogens is 299 g/mol. The Labute approximate surface area is 135 Å². The van der Waals surface area contributed by atoms with Gasteiger partial charge in [-0.1, -0.05) is 6.07 Å². The number of nitrogens with zero attached hydrogens (tertiary/aromatic N) is 2. The molecule has 1 spiro atoms. The summed E-state index contributed by atoms with van der Waals surface area (Å²) >= 11 is 0. The van der Waals surface area contributed by atoms with Crippen molar-refractivity contribution >= 4 is 5.91 Å². The van der Waals surface area contributed by atoms with Gasteiger partial charge in [0.25, 0.3) is 0 Å². The van der Waals surface area contributed by atoms with Crippen LogP contribution in [0.3, 0.4) is 0 Å². The zero-order valence-electron chi connectivity index (χ0n) is 13.2. The molecule has 0 saturated carbocycles. The van der Waals surface area contributed by atoms with Gasteiger partial charge in [0.15, 0.2) is 0 Å². The highest BCUT2D eigenvalue weighted by molar-refractivity contribution is 5.76. The van der Waals surface area contributed by atoms with E-state index in [1.807, 2.05) is 18.2 Å². The summed E-state index contributed by atoms with van der Waals surface area (Å²) in [6.45, 7) is 1.66.